The van der Waals surface area contributed by atoms with Gasteiger partial charge >= 0.3 is 0 Å². The Balaban J connectivity index is -0.0000000450. The zero-order valence-corrected chi connectivity index (χ0v) is 6.66. The zero-order valence-electron chi connectivity index (χ0n) is 2.47. The minimum atomic E-state index is -0.750. The number of halogens is 4. The maximum Gasteiger partial charge on any atom is 0.180 e. The van der Waals surface area contributed by atoms with Crippen LogP contribution in [0.5, 0.6) is 0 Å². The van der Waals surface area contributed by atoms with E-state index in [1.54, 1.807) is 0 Å². The van der Waals surface area contributed by atoms with E-state index in [0.717, 1.165) is 0 Å². The molecule has 0 spiro atoms. The Bertz CT molecular complexity index is 12.3. The van der Waals surface area contributed by atoms with Crippen molar-refractivity contribution in [3.05, 3.63) is 0 Å². The molecule has 0 aromatic carbocycles. The molecule has 0 nitrogen and oxygen atoms in total. The maximum absolute atomic E-state index is 4.81. The van der Waals surface area contributed by atoms with Crippen molar-refractivity contribution in [2.24, 2.45) is 0 Å². The van der Waals surface area contributed by atoms with Crippen molar-refractivity contribution in [2.75, 3.05) is 0 Å². The Hall–Kier alpha value is 1.68. The van der Waals surface area contributed by atoms with Gasteiger partial charge in [0, 0.05) is 17.1 Å². The van der Waals surface area contributed by atoms with Crippen molar-refractivity contribution in [2.45, 2.75) is 4.30 Å². The molecule has 0 bridgehead atoms. The Kier molecular flexibility index (Phi) is 25.7. The predicted molar refractivity (Wildman–Crippen MR) is 28.6 cm³/mol. The summed E-state index contributed by atoms with van der Waals surface area (Å²) in [7, 11) is 0. The maximum atomic E-state index is 4.81. The van der Waals surface area contributed by atoms with E-state index in [9.17, 15) is 0 Å². The monoisotopic (exact) mass is 210 g/mol. The van der Waals surface area contributed by atoms with Gasteiger partial charge in [0.15, 0.2) is 4.30 Å². The molecule has 6 heavy (non-hydrogen) atoms. The van der Waals surface area contributed by atoms with Gasteiger partial charge in [0.05, 0.1) is 0 Å². The molecule has 0 rings (SSSR count). The summed E-state index contributed by atoms with van der Waals surface area (Å²) in [5, 5.41) is 0. The third-order valence-electron chi connectivity index (χ3n) is 0. The van der Waals surface area contributed by atoms with Crippen molar-refractivity contribution in [1.82, 2.24) is 0 Å². The molecule has 0 saturated heterocycles. The topological polar surface area (TPSA) is 0 Å². The summed E-state index contributed by atoms with van der Waals surface area (Å²) < 4.78 is -0.750. The van der Waals surface area contributed by atoms with E-state index in [1.165, 1.54) is 0 Å². The summed E-state index contributed by atoms with van der Waals surface area (Å²) in [6.07, 6.45) is 0. The molecule has 0 aromatic rings. The smallest absolute Gasteiger partial charge is 0.147 e. The Morgan fingerprint density at radius 1 is 1.00 bits per heavy atom. The average Bonchev–Trinajstić information content (AvgIpc) is 0.811. The summed E-state index contributed by atoms with van der Waals surface area (Å²) in [4.78, 5) is 0. The molecule has 0 aliphatic rings. The quantitative estimate of drug-likeness (QED) is 0.427. The number of hydrogen-bond acceptors (Lipinski definition) is 0. The van der Waals surface area contributed by atoms with Gasteiger partial charge in [-0.05, 0) is 0 Å². The number of alkyl halides is 3. The zero-order chi connectivity index (χ0) is 3.58. The van der Waals surface area contributed by atoms with Crippen molar-refractivity contribution >= 4 is 47.2 Å². The fourth-order valence-electron chi connectivity index (χ4n) is 0. The van der Waals surface area contributed by atoms with Crippen LogP contribution >= 0.6 is 47.2 Å². The van der Waals surface area contributed by atoms with E-state index in [0.29, 0.717) is 0 Å². The van der Waals surface area contributed by atoms with E-state index in [1.807, 2.05) is 0 Å². The molecule has 42 valence electrons. The molecule has 0 heterocycles. The van der Waals surface area contributed by atoms with Crippen LogP contribution in [-0.4, -0.2) is 4.30 Å². The van der Waals surface area contributed by atoms with Gasteiger partial charge in [-0.3, -0.25) is 0 Å². The van der Waals surface area contributed by atoms with Crippen LogP contribution in [0.15, 0.2) is 0 Å². The van der Waals surface area contributed by atoms with Crippen LogP contribution in [0.1, 0.15) is 0 Å². The normalized spacial score (nSPS) is 6.00. The minimum absolute atomic E-state index is 0. The third-order valence-corrected chi connectivity index (χ3v) is 0. The second-order valence-electron chi connectivity index (χ2n) is 0.247. The van der Waals surface area contributed by atoms with Crippen LogP contribution in [0.2, 0.25) is 0 Å². The number of rotatable bonds is 0. The van der Waals surface area contributed by atoms with Crippen molar-refractivity contribution in [3.8, 4) is 0 Å². The van der Waals surface area contributed by atoms with Crippen molar-refractivity contribution in [3.63, 3.8) is 0 Å². The van der Waals surface area contributed by atoms with Gasteiger partial charge < -0.3 is 0 Å². The van der Waals surface area contributed by atoms with Gasteiger partial charge in [-0.1, -0.05) is 34.8 Å². The first-order valence-corrected chi connectivity index (χ1v) is 1.96. The largest absolute Gasteiger partial charge is 0.180 e. The van der Waals surface area contributed by atoms with E-state index >= 15 is 0 Å². The van der Waals surface area contributed by atoms with Crippen LogP contribution in [0.4, 0.5) is 0 Å². The first-order chi connectivity index (χ1) is 1.73. The molecule has 0 N–H and O–H groups in total. The molecule has 0 atom stereocenters. The van der Waals surface area contributed by atoms with E-state index in [2.05, 4.69) is 0 Å². The minimum Gasteiger partial charge on any atom is -0.147 e. The van der Waals surface area contributed by atoms with Crippen molar-refractivity contribution in [1.29, 1.82) is 0 Å². The predicted octanol–water partition coefficient (Wildman–Crippen LogP) is 2.41. The SMILES string of the molecule is Cl.ClC(Cl)Cl.[Fe]. The first-order valence-electron chi connectivity index (χ1n) is 0.655. The Morgan fingerprint density at radius 3 is 1.00 bits per heavy atom. The van der Waals surface area contributed by atoms with Gasteiger partial charge in [-0.25, -0.2) is 0 Å². The van der Waals surface area contributed by atoms with Crippen LogP contribution in [0.3, 0.4) is 0 Å². The fraction of sp³-hybridized carbons (Fsp3) is 1.00. The van der Waals surface area contributed by atoms with Crippen LogP contribution in [0.25, 0.3) is 0 Å². The molecule has 0 radical (unpaired) electrons. The Labute approximate surface area is 68.4 Å². The average molecular weight is 212 g/mol. The van der Waals surface area contributed by atoms with Gasteiger partial charge in [0.25, 0.3) is 0 Å². The summed E-state index contributed by atoms with van der Waals surface area (Å²) in [5.41, 5.74) is 0. The second kappa shape index (κ2) is 9.84. The van der Waals surface area contributed by atoms with Gasteiger partial charge in [-0.2, -0.15) is 0 Å². The molecule has 0 amide bonds. The van der Waals surface area contributed by atoms with Gasteiger partial charge in [0.1, 0.15) is 0 Å². The van der Waals surface area contributed by atoms with Crippen LogP contribution in [0, 0.1) is 0 Å². The van der Waals surface area contributed by atoms with Gasteiger partial charge in [0.2, 0.25) is 0 Å². The van der Waals surface area contributed by atoms with Crippen LogP contribution in [-0.2, 0) is 17.1 Å². The molecule has 0 aliphatic heterocycles. The summed E-state index contributed by atoms with van der Waals surface area (Å²) in [5.74, 6) is 0. The molecule has 0 fully saturated rings. The molecule has 5 heteroatoms. The number of hydrogen-bond donors (Lipinski definition) is 0. The molecular weight excluding hydrogens is 210 g/mol. The molecule has 0 aromatic heterocycles. The first kappa shape index (κ1) is 15.6. The molecule has 0 saturated carbocycles. The van der Waals surface area contributed by atoms with Crippen LogP contribution < -0.4 is 0 Å². The van der Waals surface area contributed by atoms with E-state index < -0.39 is 4.30 Å². The summed E-state index contributed by atoms with van der Waals surface area (Å²) in [6.45, 7) is 0. The van der Waals surface area contributed by atoms with E-state index in [-0.39, 0.29) is 29.5 Å². The molecule has 0 aliphatic carbocycles. The fourth-order valence-corrected chi connectivity index (χ4v) is 0. The Morgan fingerprint density at radius 2 is 1.00 bits per heavy atom. The van der Waals surface area contributed by atoms with E-state index in [4.69, 9.17) is 34.8 Å². The molecule has 0 unspecified atom stereocenters. The standard InChI is InChI=1S/CHCl3.ClH.Fe/c2-1(3)4;;/h1H;1H;. The second-order valence-corrected chi connectivity index (χ2v) is 2.23. The van der Waals surface area contributed by atoms with Gasteiger partial charge in [-0.15, -0.1) is 12.4 Å². The molecular formula is CH2Cl4Fe. The summed E-state index contributed by atoms with van der Waals surface area (Å²) >= 11 is 14.4. The van der Waals surface area contributed by atoms with Crippen molar-refractivity contribution < 1.29 is 17.1 Å². The third kappa shape index (κ3) is 44.1. The summed E-state index contributed by atoms with van der Waals surface area (Å²) in [6, 6.07) is 0.